The molecule has 3 aromatic rings. The molecular formula is C26H29N5O5S. The average Bonchev–Trinajstić information content (AvgIpc) is 2.93. The van der Waals surface area contributed by atoms with E-state index in [-0.39, 0.29) is 29.4 Å². The van der Waals surface area contributed by atoms with E-state index in [0.29, 0.717) is 13.2 Å². The number of hydrogen-bond acceptors (Lipinski definition) is 8. The van der Waals surface area contributed by atoms with Crippen LogP contribution in [0, 0.1) is 10.1 Å². The van der Waals surface area contributed by atoms with Crippen molar-refractivity contribution in [2.24, 2.45) is 5.10 Å². The number of ether oxygens (including phenoxy) is 1. The second-order valence-corrected chi connectivity index (χ2v) is 10.4. The van der Waals surface area contributed by atoms with E-state index in [9.17, 15) is 18.5 Å². The van der Waals surface area contributed by atoms with Crippen molar-refractivity contribution in [1.29, 1.82) is 0 Å². The summed E-state index contributed by atoms with van der Waals surface area (Å²) in [5, 5.41) is 15.8. The lowest BCUT2D eigenvalue weighted by Gasteiger charge is -2.26. The summed E-state index contributed by atoms with van der Waals surface area (Å²) in [5.74, 6) is 0. The summed E-state index contributed by atoms with van der Waals surface area (Å²) in [6.07, 6.45) is 1.55. The van der Waals surface area contributed by atoms with Gasteiger partial charge in [-0.25, -0.2) is 8.42 Å². The van der Waals surface area contributed by atoms with Crippen molar-refractivity contribution < 1.29 is 18.1 Å². The van der Waals surface area contributed by atoms with Crippen LogP contribution in [0.5, 0.6) is 0 Å². The Kier molecular flexibility index (Phi) is 8.49. The van der Waals surface area contributed by atoms with Crippen LogP contribution < -0.4 is 10.3 Å². The molecule has 0 saturated carbocycles. The minimum atomic E-state index is -3.85. The SMILES string of the molecule is CCN(Cc1ccccc1)c1ccc(/C=N\Nc2ccc(S(=O)(=O)N3CCOCC3)cc2[N+](=O)[O-])cc1. The monoisotopic (exact) mass is 523 g/mol. The minimum absolute atomic E-state index is 0.0961. The van der Waals surface area contributed by atoms with Crippen molar-refractivity contribution in [3.8, 4) is 0 Å². The molecule has 0 aromatic heterocycles. The first-order valence-electron chi connectivity index (χ1n) is 11.9. The molecule has 1 N–H and O–H groups in total. The summed E-state index contributed by atoms with van der Waals surface area (Å²) in [6.45, 7) is 4.76. The van der Waals surface area contributed by atoms with Crippen molar-refractivity contribution in [2.75, 3.05) is 43.2 Å². The molecule has 0 radical (unpaired) electrons. The number of nitro benzene ring substituents is 1. The number of morpholine rings is 1. The summed E-state index contributed by atoms with van der Waals surface area (Å²) in [4.78, 5) is 13.1. The van der Waals surface area contributed by atoms with E-state index in [1.165, 1.54) is 22.0 Å². The number of nitrogens with zero attached hydrogens (tertiary/aromatic N) is 4. The zero-order valence-corrected chi connectivity index (χ0v) is 21.3. The van der Waals surface area contributed by atoms with Gasteiger partial charge in [-0.2, -0.15) is 9.41 Å². The number of anilines is 2. The molecule has 0 amide bonds. The summed E-state index contributed by atoms with van der Waals surface area (Å²) in [5.41, 5.74) is 5.50. The lowest BCUT2D eigenvalue weighted by molar-refractivity contribution is -0.384. The zero-order valence-electron chi connectivity index (χ0n) is 20.5. The molecule has 194 valence electrons. The smallest absolute Gasteiger partial charge is 0.295 e. The van der Waals surface area contributed by atoms with E-state index >= 15 is 0 Å². The van der Waals surface area contributed by atoms with Gasteiger partial charge in [0.15, 0.2) is 0 Å². The normalized spacial score (nSPS) is 14.5. The number of hydrazone groups is 1. The van der Waals surface area contributed by atoms with Crippen LogP contribution in [-0.2, 0) is 21.3 Å². The van der Waals surface area contributed by atoms with Gasteiger partial charge in [0.1, 0.15) is 5.69 Å². The first-order valence-corrected chi connectivity index (χ1v) is 13.4. The zero-order chi connectivity index (χ0) is 26.3. The maximum Gasteiger partial charge on any atom is 0.295 e. The second kappa shape index (κ2) is 12.0. The summed E-state index contributed by atoms with van der Waals surface area (Å²) in [7, 11) is -3.85. The maximum absolute atomic E-state index is 12.9. The van der Waals surface area contributed by atoms with Crippen LogP contribution in [0.1, 0.15) is 18.1 Å². The predicted octanol–water partition coefficient (Wildman–Crippen LogP) is 4.09. The summed E-state index contributed by atoms with van der Waals surface area (Å²) >= 11 is 0. The second-order valence-electron chi connectivity index (χ2n) is 8.41. The van der Waals surface area contributed by atoms with Crippen molar-refractivity contribution in [1.82, 2.24) is 4.31 Å². The van der Waals surface area contributed by atoms with Crippen molar-refractivity contribution in [3.63, 3.8) is 0 Å². The van der Waals surface area contributed by atoms with Crippen LogP contribution in [0.4, 0.5) is 17.1 Å². The molecule has 4 rings (SSSR count). The highest BCUT2D eigenvalue weighted by Gasteiger charge is 2.28. The molecule has 37 heavy (non-hydrogen) atoms. The molecule has 0 bridgehead atoms. The standard InChI is InChI=1S/C26H29N5O5S/c1-2-29(20-22-6-4-3-5-7-22)23-10-8-21(9-11-23)19-27-28-25-13-12-24(18-26(25)31(32)33)37(34,35)30-14-16-36-17-15-30/h3-13,18-19,28H,2,14-17,20H2,1H3/b27-19-. The number of sulfonamides is 1. The minimum Gasteiger partial charge on any atom is -0.379 e. The highest BCUT2D eigenvalue weighted by atomic mass is 32.2. The van der Waals surface area contributed by atoms with E-state index in [1.807, 2.05) is 42.5 Å². The Labute approximate surface area is 216 Å². The van der Waals surface area contributed by atoms with Crippen molar-refractivity contribution in [2.45, 2.75) is 18.4 Å². The number of hydrogen-bond donors (Lipinski definition) is 1. The average molecular weight is 524 g/mol. The van der Waals surface area contributed by atoms with Crippen LogP contribution >= 0.6 is 0 Å². The highest BCUT2D eigenvalue weighted by Crippen LogP contribution is 2.29. The lowest BCUT2D eigenvalue weighted by atomic mass is 10.1. The fourth-order valence-electron chi connectivity index (χ4n) is 3.99. The van der Waals surface area contributed by atoms with Gasteiger partial charge in [0.25, 0.3) is 5.69 Å². The van der Waals surface area contributed by atoms with Crippen LogP contribution in [-0.4, -0.2) is 56.7 Å². The first-order chi connectivity index (χ1) is 17.9. The molecule has 1 fully saturated rings. The Morgan fingerprint density at radius 3 is 2.43 bits per heavy atom. The van der Waals surface area contributed by atoms with Gasteiger partial charge in [-0.05, 0) is 42.3 Å². The molecule has 0 atom stereocenters. The number of nitro groups is 1. The summed E-state index contributed by atoms with van der Waals surface area (Å²) < 4.78 is 32.2. The molecule has 0 aliphatic carbocycles. The number of nitrogens with one attached hydrogen (secondary N) is 1. The Hall–Kier alpha value is -3.80. The highest BCUT2D eigenvalue weighted by molar-refractivity contribution is 7.89. The largest absolute Gasteiger partial charge is 0.379 e. The van der Waals surface area contributed by atoms with Crippen LogP contribution in [0.2, 0.25) is 0 Å². The van der Waals surface area contributed by atoms with E-state index in [4.69, 9.17) is 4.74 Å². The van der Waals surface area contributed by atoms with E-state index in [2.05, 4.69) is 34.5 Å². The third kappa shape index (κ3) is 6.50. The lowest BCUT2D eigenvalue weighted by Crippen LogP contribution is -2.40. The quantitative estimate of drug-likeness (QED) is 0.242. The predicted molar refractivity (Wildman–Crippen MR) is 143 cm³/mol. The number of rotatable bonds is 10. The topological polar surface area (TPSA) is 117 Å². The van der Waals surface area contributed by atoms with Crippen LogP contribution in [0.3, 0.4) is 0 Å². The molecule has 1 saturated heterocycles. The molecule has 0 unspecified atom stereocenters. The Morgan fingerprint density at radius 1 is 1.08 bits per heavy atom. The van der Waals surface area contributed by atoms with Gasteiger partial charge in [0, 0.05) is 37.9 Å². The summed E-state index contributed by atoms with van der Waals surface area (Å²) in [6, 6.07) is 21.8. The third-order valence-electron chi connectivity index (χ3n) is 6.03. The van der Waals surface area contributed by atoms with Crippen molar-refractivity contribution >= 4 is 33.3 Å². The first kappa shape index (κ1) is 26.3. The van der Waals surface area contributed by atoms with E-state index in [1.54, 1.807) is 6.21 Å². The Morgan fingerprint density at radius 2 is 1.78 bits per heavy atom. The van der Waals surface area contributed by atoms with Gasteiger partial charge in [0.2, 0.25) is 10.0 Å². The molecule has 1 aliphatic heterocycles. The third-order valence-corrected chi connectivity index (χ3v) is 7.92. The van der Waals surface area contributed by atoms with E-state index in [0.717, 1.165) is 30.4 Å². The Bertz CT molecular complexity index is 1340. The van der Waals surface area contributed by atoms with Crippen LogP contribution in [0.25, 0.3) is 0 Å². The maximum atomic E-state index is 12.9. The molecule has 1 aliphatic rings. The molecule has 3 aromatic carbocycles. The van der Waals surface area contributed by atoms with E-state index < -0.39 is 14.9 Å². The molecule has 0 spiro atoms. The van der Waals surface area contributed by atoms with Crippen molar-refractivity contribution in [3.05, 3.63) is 94.0 Å². The molecular weight excluding hydrogens is 494 g/mol. The fourth-order valence-corrected chi connectivity index (χ4v) is 5.42. The van der Waals surface area contributed by atoms with Gasteiger partial charge >= 0.3 is 0 Å². The van der Waals surface area contributed by atoms with Gasteiger partial charge in [-0.15, -0.1) is 0 Å². The number of benzene rings is 3. The molecule has 10 nitrogen and oxygen atoms in total. The van der Waals surface area contributed by atoms with Gasteiger partial charge in [-0.1, -0.05) is 42.5 Å². The van der Waals surface area contributed by atoms with Crippen LogP contribution in [0.15, 0.2) is 82.8 Å². The van der Waals surface area contributed by atoms with Gasteiger partial charge in [-0.3, -0.25) is 15.5 Å². The van der Waals surface area contributed by atoms with Gasteiger partial charge < -0.3 is 9.64 Å². The van der Waals surface area contributed by atoms with Gasteiger partial charge in [0.05, 0.1) is 29.2 Å². The molecule has 1 heterocycles. The Balaban J connectivity index is 1.44. The molecule has 11 heteroatoms. The fraction of sp³-hybridized carbons (Fsp3) is 0.269.